The van der Waals surface area contributed by atoms with Crippen molar-refractivity contribution in [2.75, 3.05) is 0 Å². The first kappa shape index (κ1) is 16.2. The van der Waals surface area contributed by atoms with E-state index >= 15 is 0 Å². The maximum Gasteiger partial charge on any atom is 0.416 e. The molecule has 0 aliphatic carbocycles. The normalized spacial score (nSPS) is 13.2. The molecule has 0 saturated heterocycles. The van der Waals surface area contributed by atoms with Crippen molar-refractivity contribution >= 4 is 22.6 Å². The van der Waals surface area contributed by atoms with Crippen LogP contribution in [0.2, 0.25) is 0 Å². The first-order valence-electron chi connectivity index (χ1n) is 6.06. The Hall–Kier alpha value is -1.15. The van der Waals surface area contributed by atoms with Crippen LogP contribution < -0.4 is 0 Å². The number of halogens is 5. The smallest absolute Gasteiger partial charge is 0.388 e. The van der Waals surface area contributed by atoms with Crippen molar-refractivity contribution < 1.29 is 22.7 Å². The Bertz CT molecular complexity index is 623. The van der Waals surface area contributed by atoms with Crippen LogP contribution in [0.4, 0.5) is 17.6 Å². The van der Waals surface area contributed by atoms with Crippen LogP contribution in [0, 0.1) is 9.39 Å². The molecule has 2 rings (SSSR count). The molecule has 0 fully saturated rings. The van der Waals surface area contributed by atoms with Gasteiger partial charge in [0.15, 0.2) is 0 Å². The fraction of sp³-hybridized carbons (Fsp3) is 0.200. The van der Waals surface area contributed by atoms with Gasteiger partial charge in [-0.25, -0.2) is 4.39 Å². The fourth-order valence-corrected chi connectivity index (χ4v) is 2.38. The third kappa shape index (κ3) is 4.16. The minimum absolute atomic E-state index is 0.0105. The quantitative estimate of drug-likeness (QED) is 0.574. The molecule has 21 heavy (non-hydrogen) atoms. The highest BCUT2D eigenvalue weighted by Gasteiger charge is 2.35. The highest BCUT2D eigenvalue weighted by molar-refractivity contribution is 14.1. The van der Waals surface area contributed by atoms with E-state index in [1.54, 1.807) is 24.3 Å². The average molecular weight is 410 g/mol. The molecule has 2 aromatic carbocycles. The van der Waals surface area contributed by atoms with Gasteiger partial charge in [-0.15, -0.1) is 0 Å². The first-order valence-corrected chi connectivity index (χ1v) is 7.14. The lowest BCUT2D eigenvalue weighted by Crippen LogP contribution is -2.14. The molecule has 0 radical (unpaired) electrons. The van der Waals surface area contributed by atoms with E-state index < -0.39 is 29.2 Å². The van der Waals surface area contributed by atoms with Crippen molar-refractivity contribution in [1.29, 1.82) is 0 Å². The third-order valence-electron chi connectivity index (χ3n) is 3.02. The number of hydrogen-bond acceptors (Lipinski definition) is 1. The number of hydrogen-bond donors (Lipinski definition) is 1. The van der Waals surface area contributed by atoms with Crippen molar-refractivity contribution in [1.82, 2.24) is 0 Å². The van der Waals surface area contributed by atoms with Gasteiger partial charge in [-0.3, -0.25) is 0 Å². The van der Waals surface area contributed by atoms with Crippen LogP contribution in [0.1, 0.15) is 22.8 Å². The van der Waals surface area contributed by atoms with Gasteiger partial charge in [-0.05, 0) is 64.0 Å². The van der Waals surface area contributed by atoms with Gasteiger partial charge in [0, 0.05) is 9.99 Å². The molecule has 0 aromatic heterocycles. The summed E-state index contributed by atoms with van der Waals surface area (Å²) in [5.41, 5.74) is -0.775. The Morgan fingerprint density at radius 1 is 1.05 bits per heavy atom. The minimum Gasteiger partial charge on any atom is -0.388 e. The summed E-state index contributed by atoms with van der Waals surface area (Å²) >= 11 is 2.10. The molecule has 0 spiro atoms. The van der Waals surface area contributed by atoms with E-state index in [-0.39, 0.29) is 6.42 Å². The Labute approximate surface area is 132 Å². The van der Waals surface area contributed by atoms with Gasteiger partial charge in [0.25, 0.3) is 0 Å². The fourth-order valence-electron chi connectivity index (χ4n) is 2.02. The number of aliphatic hydroxyl groups is 1. The van der Waals surface area contributed by atoms with Crippen molar-refractivity contribution in [2.45, 2.75) is 18.7 Å². The summed E-state index contributed by atoms with van der Waals surface area (Å²) in [6, 6.07) is 9.15. The first-order chi connectivity index (χ1) is 9.77. The van der Waals surface area contributed by atoms with Gasteiger partial charge in [-0.1, -0.05) is 12.1 Å². The van der Waals surface area contributed by atoms with Crippen molar-refractivity contribution in [3.63, 3.8) is 0 Å². The molecule has 0 saturated carbocycles. The molecule has 0 bridgehead atoms. The van der Waals surface area contributed by atoms with Crippen LogP contribution in [-0.4, -0.2) is 5.11 Å². The number of alkyl halides is 3. The standard InChI is InChI=1S/C15H11F4IO/c16-10-3-6-13(15(17,18)19)12(8-10)14(21)7-9-1-4-11(20)5-2-9/h1-6,8,14,21H,7H2. The SMILES string of the molecule is OC(Cc1ccc(I)cc1)c1cc(F)ccc1C(F)(F)F. The lowest BCUT2D eigenvalue weighted by molar-refractivity contribution is -0.139. The molecule has 0 amide bonds. The van der Waals surface area contributed by atoms with E-state index in [0.717, 1.165) is 15.7 Å². The molecule has 112 valence electrons. The van der Waals surface area contributed by atoms with Gasteiger partial charge in [0.05, 0.1) is 11.7 Å². The molecule has 1 unspecified atom stereocenters. The van der Waals surface area contributed by atoms with Crippen LogP contribution in [0.3, 0.4) is 0 Å². The maximum atomic E-state index is 13.2. The maximum absolute atomic E-state index is 13.2. The third-order valence-corrected chi connectivity index (χ3v) is 3.74. The molecule has 1 nitrogen and oxygen atoms in total. The van der Waals surface area contributed by atoms with Crippen LogP contribution >= 0.6 is 22.6 Å². The van der Waals surface area contributed by atoms with Crippen LogP contribution in [0.5, 0.6) is 0 Å². The molecule has 0 aliphatic heterocycles. The van der Waals surface area contributed by atoms with Gasteiger partial charge in [-0.2, -0.15) is 13.2 Å². The summed E-state index contributed by atoms with van der Waals surface area (Å²) in [5, 5.41) is 10.0. The van der Waals surface area contributed by atoms with Gasteiger partial charge in [0.1, 0.15) is 5.82 Å². The zero-order chi connectivity index (χ0) is 15.6. The lowest BCUT2D eigenvalue weighted by atomic mass is 9.96. The lowest BCUT2D eigenvalue weighted by Gasteiger charge is -2.18. The molecule has 0 heterocycles. The van der Waals surface area contributed by atoms with Crippen molar-refractivity contribution in [3.8, 4) is 0 Å². The Kier molecular flexibility index (Phi) is 4.88. The van der Waals surface area contributed by atoms with E-state index in [9.17, 15) is 22.7 Å². The van der Waals surface area contributed by atoms with Gasteiger partial charge < -0.3 is 5.11 Å². The van der Waals surface area contributed by atoms with E-state index in [2.05, 4.69) is 22.6 Å². The molecule has 2 aromatic rings. The summed E-state index contributed by atoms with van der Waals surface area (Å²) in [6.45, 7) is 0. The predicted octanol–water partition coefficient (Wildman–Crippen LogP) is 4.73. The Morgan fingerprint density at radius 2 is 1.67 bits per heavy atom. The van der Waals surface area contributed by atoms with Gasteiger partial charge in [0.2, 0.25) is 0 Å². The highest BCUT2D eigenvalue weighted by atomic mass is 127. The van der Waals surface area contributed by atoms with Crippen LogP contribution in [0.15, 0.2) is 42.5 Å². The molecular formula is C15H11F4IO. The second-order valence-electron chi connectivity index (χ2n) is 4.58. The van der Waals surface area contributed by atoms with Crippen LogP contribution in [-0.2, 0) is 12.6 Å². The van der Waals surface area contributed by atoms with Crippen LogP contribution in [0.25, 0.3) is 0 Å². The van der Waals surface area contributed by atoms with Crippen molar-refractivity contribution in [3.05, 3.63) is 68.5 Å². The summed E-state index contributed by atoms with van der Waals surface area (Å²) < 4.78 is 52.9. The zero-order valence-electron chi connectivity index (χ0n) is 10.7. The average Bonchev–Trinajstić information content (AvgIpc) is 2.40. The Balaban J connectivity index is 2.32. The monoisotopic (exact) mass is 410 g/mol. The molecule has 1 N–H and O–H groups in total. The van der Waals surface area contributed by atoms with E-state index in [1.165, 1.54) is 0 Å². The number of aliphatic hydroxyl groups excluding tert-OH is 1. The van der Waals surface area contributed by atoms with Gasteiger partial charge >= 0.3 is 6.18 Å². The van der Waals surface area contributed by atoms with E-state index in [0.29, 0.717) is 11.6 Å². The summed E-state index contributed by atoms with van der Waals surface area (Å²) in [4.78, 5) is 0. The number of rotatable bonds is 3. The summed E-state index contributed by atoms with van der Waals surface area (Å²) in [6.07, 6.45) is -6.06. The molecule has 1 atom stereocenters. The number of benzene rings is 2. The van der Waals surface area contributed by atoms with Crippen molar-refractivity contribution in [2.24, 2.45) is 0 Å². The molecular weight excluding hydrogens is 399 g/mol. The molecule has 6 heteroatoms. The second kappa shape index (κ2) is 6.31. The second-order valence-corrected chi connectivity index (χ2v) is 5.82. The Morgan fingerprint density at radius 3 is 2.24 bits per heavy atom. The van der Waals surface area contributed by atoms with E-state index in [1.807, 2.05) is 0 Å². The molecule has 0 aliphatic rings. The zero-order valence-corrected chi connectivity index (χ0v) is 12.8. The summed E-state index contributed by atoms with van der Waals surface area (Å²) in [5.74, 6) is -0.806. The largest absolute Gasteiger partial charge is 0.416 e. The predicted molar refractivity (Wildman–Crippen MR) is 79.2 cm³/mol. The summed E-state index contributed by atoms with van der Waals surface area (Å²) in [7, 11) is 0. The highest BCUT2D eigenvalue weighted by Crippen LogP contribution is 2.35. The minimum atomic E-state index is -4.63. The topological polar surface area (TPSA) is 20.2 Å². The van der Waals surface area contributed by atoms with E-state index in [4.69, 9.17) is 0 Å².